The highest BCUT2D eigenvalue weighted by atomic mass is 15.2. The average Bonchev–Trinajstić information content (AvgIpc) is 3.03. The Bertz CT molecular complexity index is 205. The van der Waals surface area contributed by atoms with E-state index in [9.17, 15) is 0 Å². The van der Waals surface area contributed by atoms with Gasteiger partial charge >= 0.3 is 0 Å². The fourth-order valence-corrected chi connectivity index (χ4v) is 2.49. The van der Waals surface area contributed by atoms with E-state index in [0.717, 1.165) is 12.5 Å². The van der Waals surface area contributed by atoms with Crippen molar-refractivity contribution in [3.63, 3.8) is 0 Å². The minimum atomic E-state index is 0.619. The maximum atomic E-state index is 5.70. The van der Waals surface area contributed by atoms with Crippen molar-refractivity contribution in [2.45, 2.75) is 52.0 Å². The Kier molecular flexibility index (Phi) is 3.36. The van der Waals surface area contributed by atoms with Crippen LogP contribution in [0.1, 0.15) is 46.0 Å². The monoisotopic (exact) mass is 210 g/mol. The number of hydrogen-bond acceptors (Lipinski definition) is 2. The topological polar surface area (TPSA) is 29.3 Å². The molecule has 0 unspecified atom stereocenters. The second-order valence-electron chi connectivity index (χ2n) is 6.01. The molecule has 0 atom stereocenters. The molecule has 2 aliphatic carbocycles. The van der Waals surface area contributed by atoms with Gasteiger partial charge in [-0.3, -0.25) is 0 Å². The Hall–Kier alpha value is -0.0800. The maximum Gasteiger partial charge on any atom is 0.00413 e. The predicted molar refractivity (Wildman–Crippen MR) is 64.8 cm³/mol. The van der Waals surface area contributed by atoms with Crippen LogP contribution < -0.4 is 5.73 Å². The van der Waals surface area contributed by atoms with E-state index < -0.39 is 0 Å². The first kappa shape index (κ1) is 11.4. The Morgan fingerprint density at radius 1 is 1.33 bits per heavy atom. The maximum absolute atomic E-state index is 5.70. The number of nitrogens with zero attached hydrogens (tertiary/aromatic N) is 1. The third-order valence-corrected chi connectivity index (χ3v) is 4.09. The summed E-state index contributed by atoms with van der Waals surface area (Å²) in [7, 11) is 0. The van der Waals surface area contributed by atoms with Gasteiger partial charge in [-0.1, -0.05) is 0 Å². The van der Waals surface area contributed by atoms with E-state index >= 15 is 0 Å². The first-order valence-corrected chi connectivity index (χ1v) is 6.59. The third kappa shape index (κ3) is 3.18. The fourth-order valence-electron chi connectivity index (χ4n) is 2.49. The van der Waals surface area contributed by atoms with Gasteiger partial charge in [0.05, 0.1) is 0 Å². The Morgan fingerprint density at radius 2 is 2.00 bits per heavy atom. The Labute approximate surface area is 94.2 Å². The molecule has 0 aromatic heterocycles. The summed E-state index contributed by atoms with van der Waals surface area (Å²) in [6, 6.07) is 0.709. The summed E-state index contributed by atoms with van der Waals surface area (Å²) in [5.74, 6) is 1.01. The summed E-state index contributed by atoms with van der Waals surface area (Å²) in [4.78, 5) is 2.69. The molecule has 2 aliphatic rings. The van der Waals surface area contributed by atoms with E-state index in [-0.39, 0.29) is 0 Å². The van der Waals surface area contributed by atoms with Crippen LogP contribution in [0.2, 0.25) is 0 Å². The smallest absolute Gasteiger partial charge is 0.00413 e. The molecule has 0 aliphatic heterocycles. The zero-order valence-electron chi connectivity index (χ0n) is 10.3. The molecule has 2 nitrogen and oxygen atoms in total. The zero-order chi connectivity index (χ0) is 10.9. The van der Waals surface area contributed by atoms with Crippen molar-refractivity contribution >= 4 is 0 Å². The number of nitrogens with two attached hydrogens (primary N) is 1. The van der Waals surface area contributed by atoms with Gasteiger partial charge in [-0.25, -0.2) is 0 Å². The van der Waals surface area contributed by atoms with Crippen molar-refractivity contribution in [2.75, 3.05) is 19.6 Å². The predicted octanol–water partition coefficient (Wildman–Crippen LogP) is 2.24. The van der Waals surface area contributed by atoms with Crippen LogP contribution in [0.3, 0.4) is 0 Å². The van der Waals surface area contributed by atoms with Gasteiger partial charge in [0.2, 0.25) is 0 Å². The molecule has 0 aromatic carbocycles. The molecule has 0 aromatic rings. The van der Waals surface area contributed by atoms with Crippen LogP contribution in [0, 0.1) is 11.3 Å². The van der Waals surface area contributed by atoms with E-state index in [1.165, 1.54) is 45.2 Å². The molecule has 0 bridgehead atoms. The summed E-state index contributed by atoms with van der Waals surface area (Å²) in [6.45, 7) is 8.18. The van der Waals surface area contributed by atoms with Crippen LogP contribution >= 0.6 is 0 Å². The van der Waals surface area contributed by atoms with Crippen molar-refractivity contribution in [3.05, 3.63) is 0 Å². The van der Waals surface area contributed by atoms with Crippen molar-refractivity contribution in [3.8, 4) is 0 Å². The van der Waals surface area contributed by atoms with Gasteiger partial charge in [-0.2, -0.15) is 0 Å². The zero-order valence-corrected chi connectivity index (χ0v) is 10.3. The first-order chi connectivity index (χ1) is 7.15. The van der Waals surface area contributed by atoms with Crippen molar-refractivity contribution in [1.82, 2.24) is 4.90 Å². The molecule has 0 radical (unpaired) electrons. The highest BCUT2D eigenvalue weighted by Gasteiger charge is 2.43. The molecular formula is C13H26N2. The minimum absolute atomic E-state index is 0.619. The summed E-state index contributed by atoms with van der Waals surface area (Å²) >= 11 is 0. The molecule has 2 heteroatoms. The molecule has 88 valence electrons. The Morgan fingerprint density at radius 3 is 2.40 bits per heavy atom. The van der Waals surface area contributed by atoms with Crippen LogP contribution in [0.15, 0.2) is 0 Å². The van der Waals surface area contributed by atoms with Crippen molar-refractivity contribution in [2.24, 2.45) is 17.1 Å². The molecule has 2 rings (SSSR count). The average molecular weight is 210 g/mol. The highest BCUT2D eigenvalue weighted by molar-refractivity contribution is 4.96. The molecule has 0 spiro atoms. The van der Waals surface area contributed by atoms with Gasteiger partial charge in [0.15, 0.2) is 0 Å². The molecule has 2 fully saturated rings. The van der Waals surface area contributed by atoms with E-state index in [4.69, 9.17) is 5.73 Å². The second-order valence-corrected chi connectivity index (χ2v) is 6.01. The highest BCUT2D eigenvalue weighted by Crippen LogP contribution is 2.49. The van der Waals surface area contributed by atoms with Gasteiger partial charge in [-0.15, -0.1) is 0 Å². The van der Waals surface area contributed by atoms with E-state index in [2.05, 4.69) is 18.7 Å². The number of hydrogen-bond donors (Lipinski definition) is 1. The van der Waals surface area contributed by atoms with Gasteiger partial charge < -0.3 is 10.6 Å². The summed E-state index contributed by atoms with van der Waals surface area (Å²) in [5.41, 5.74) is 6.32. The van der Waals surface area contributed by atoms with Crippen LogP contribution in [-0.4, -0.2) is 30.6 Å². The van der Waals surface area contributed by atoms with Gasteiger partial charge in [0, 0.05) is 19.1 Å². The van der Waals surface area contributed by atoms with Crippen LogP contribution in [0.25, 0.3) is 0 Å². The van der Waals surface area contributed by atoms with Crippen LogP contribution in [0.4, 0.5) is 0 Å². The van der Waals surface area contributed by atoms with Gasteiger partial charge in [0.1, 0.15) is 0 Å². The lowest BCUT2D eigenvalue weighted by molar-refractivity contribution is 0.166. The fraction of sp³-hybridized carbons (Fsp3) is 1.00. The summed E-state index contributed by atoms with van der Waals surface area (Å²) in [5, 5.41) is 0. The van der Waals surface area contributed by atoms with Crippen LogP contribution in [0.5, 0.6) is 0 Å². The minimum Gasteiger partial charge on any atom is -0.330 e. The Balaban J connectivity index is 1.82. The second kappa shape index (κ2) is 4.42. The number of rotatable bonds is 7. The van der Waals surface area contributed by atoms with Crippen molar-refractivity contribution in [1.29, 1.82) is 0 Å². The lowest BCUT2D eigenvalue weighted by Gasteiger charge is -2.30. The first-order valence-electron chi connectivity index (χ1n) is 6.59. The quantitative estimate of drug-likeness (QED) is 0.698. The van der Waals surface area contributed by atoms with E-state index in [0.29, 0.717) is 11.5 Å². The molecular weight excluding hydrogens is 184 g/mol. The lowest BCUT2D eigenvalue weighted by atomic mass is 10.0. The third-order valence-electron chi connectivity index (χ3n) is 4.09. The largest absolute Gasteiger partial charge is 0.330 e. The molecule has 2 N–H and O–H groups in total. The molecule has 0 saturated heterocycles. The standard InChI is InChI=1S/C13H26N2/c1-11(2)15(9-12-3-4-12)10-13(5-6-13)7-8-14/h11-12H,3-10,14H2,1-2H3. The normalized spacial score (nSPS) is 23.8. The molecule has 2 saturated carbocycles. The SMILES string of the molecule is CC(C)N(CC1CC1)CC1(CCN)CC1. The summed E-state index contributed by atoms with van der Waals surface area (Å²) in [6.07, 6.45) is 7.00. The molecule has 0 amide bonds. The lowest BCUT2D eigenvalue weighted by Crippen LogP contribution is -2.38. The molecule has 0 heterocycles. The molecule has 15 heavy (non-hydrogen) atoms. The van der Waals surface area contributed by atoms with Gasteiger partial charge in [-0.05, 0) is 63.8 Å². The van der Waals surface area contributed by atoms with E-state index in [1.54, 1.807) is 0 Å². The van der Waals surface area contributed by atoms with E-state index in [1.807, 2.05) is 0 Å². The summed E-state index contributed by atoms with van der Waals surface area (Å²) < 4.78 is 0. The van der Waals surface area contributed by atoms with Gasteiger partial charge in [0.25, 0.3) is 0 Å². The van der Waals surface area contributed by atoms with Crippen molar-refractivity contribution < 1.29 is 0 Å². The van der Waals surface area contributed by atoms with Crippen LogP contribution in [-0.2, 0) is 0 Å².